The summed E-state index contributed by atoms with van der Waals surface area (Å²) in [4.78, 5) is 0. The molecule has 0 heterocycles. The Bertz CT molecular complexity index is 425. The van der Waals surface area contributed by atoms with Crippen LogP contribution >= 0.6 is 0 Å². The molecule has 2 fully saturated rings. The van der Waals surface area contributed by atoms with Crippen molar-refractivity contribution in [2.45, 2.75) is 83.7 Å². The summed E-state index contributed by atoms with van der Waals surface area (Å²) in [5, 5.41) is 0. The van der Waals surface area contributed by atoms with E-state index in [4.69, 9.17) is 0 Å². The van der Waals surface area contributed by atoms with E-state index in [1.54, 1.807) is 6.92 Å². The molecule has 0 N–H and O–H groups in total. The molecule has 0 aromatic rings. The summed E-state index contributed by atoms with van der Waals surface area (Å²) in [6.45, 7) is 4.10. The first-order valence-electron chi connectivity index (χ1n) is 9.58. The van der Waals surface area contributed by atoms with Gasteiger partial charge in [-0.3, -0.25) is 0 Å². The molecule has 3 heteroatoms. The van der Waals surface area contributed by atoms with Crippen LogP contribution in [-0.2, 0) is 0 Å². The van der Waals surface area contributed by atoms with Gasteiger partial charge in [-0.25, -0.2) is 13.2 Å². The Morgan fingerprint density at radius 1 is 0.870 bits per heavy atom. The molecule has 0 saturated heterocycles. The van der Waals surface area contributed by atoms with Crippen molar-refractivity contribution < 1.29 is 13.2 Å². The molecule has 0 aliphatic heterocycles. The normalized spacial score (nSPS) is 48.8. The summed E-state index contributed by atoms with van der Waals surface area (Å²) in [5.41, 5.74) is 1.20. The standard InChI is InChI=1S/C20H31F3/c1-12-3-5-14(6-4-12)15-7-9-16(10-8-15)17-11-18(21)20(23)19(22)13(17)2/h9,12-15,17-20H,3-8,10-11H2,1-2H3. The van der Waals surface area contributed by atoms with Gasteiger partial charge in [0.2, 0.25) is 0 Å². The van der Waals surface area contributed by atoms with E-state index in [0.717, 1.165) is 37.0 Å². The molecular weight excluding hydrogens is 297 g/mol. The first kappa shape index (κ1) is 17.4. The number of allylic oxidation sites excluding steroid dienone is 2. The second-order valence-electron chi connectivity index (χ2n) is 8.44. The van der Waals surface area contributed by atoms with Gasteiger partial charge in [0, 0.05) is 0 Å². The molecule has 2 saturated carbocycles. The van der Waals surface area contributed by atoms with Gasteiger partial charge < -0.3 is 0 Å². The summed E-state index contributed by atoms with van der Waals surface area (Å²) in [7, 11) is 0. The van der Waals surface area contributed by atoms with Crippen LogP contribution < -0.4 is 0 Å². The molecule has 23 heavy (non-hydrogen) atoms. The Hall–Kier alpha value is -0.470. The predicted molar refractivity (Wildman–Crippen MR) is 88.5 cm³/mol. The molecule has 0 aromatic heterocycles. The molecular formula is C20H31F3. The molecule has 132 valence electrons. The summed E-state index contributed by atoms with van der Waals surface area (Å²) in [6, 6.07) is 0. The highest BCUT2D eigenvalue weighted by Crippen LogP contribution is 2.45. The number of rotatable bonds is 2. The van der Waals surface area contributed by atoms with E-state index in [2.05, 4.69) is 13.0 Å². The van der Waals surface area contributed by atoms with Crippen LogP contribution in [-0.4, -0.2) is 18.5 Å². The molecule has 0 spiro atoms. The van der Waals surface area contributed by atoms with Crippen LogP contribution in [0.2, 0.25) is 0 Å². The van der Waals surface area contributed by atoms with Crippen LogP contribution in [0.1, 0.15) is 65.2 Å². The van der Waals surface area contributed by atoms with Crippen LogP contribution in [0.4, 0.5) is 13.2 Å². The summed E-state index contributed by atoms with van der Waals surface area (Å²) in [5.74, 6) is 1.97. The van der Waals surface area contributed by atoms with Crippen LogP contribution in [0.3, 0.4) is 0 Å². The highest BCUT2D eigenvalue weighted by Gasteiger charge is 2.45. The number of hydrogen-bond donors (Lipinski definition) is 0. The Morgan fingerprint density at radius 3 is 2.17 bits per heavy atom. The van der Waals surface area contributed by atoms with Gasteiger partial charge in [-0.05, 0) is 68.1 Å². The molecule has 3 rings (SSSR count). The maximum Gasteiger partial charge on any atom is 0.162 e. The minimum Gasteiger partial charge on any atom is -0.244 e. The van der Waals surface area contributed by atoms with Gasteiger partial charge in [-0.2, -0.15) is 0 Å². The average Bonchev–Trinajstić information content (AvgIpc) is 2.57. The molecule has 6 unspecified atom stereocenters. The van der Waals surface area contributed by atoms with Gasteiger partial charge >= 0.3 is 0 Å². The molecule has 0 amide bonds. The van der Waals surface area contributed by atoms with E-state index in [0.29, 0.717) is 0 Å². The Morgan fingerprint density at radius 2 is 1.57 bits per heavy atom. The Labute approximate surface area is 138 Å². The zero-order valence-corrected chi connectivity index (χ0v) is 14.5. The zero-order chi connectivity index (χ0) is 16.6. The second-order valence-corrected chi connectivity index (χ2v) is 8.44. The lowest BCUT2D eigenvalue weighted by Gasteiger charge is -2.40. The maximum atomic E-state index is 14.0. The third-order valence-corrected chi connectivity index (χ3v) is 6.96. The minimum atomic E-state index is -1.93. The van der Waals surface area contributed by atoms with Crippen molar-refractivity contribution in [2.75, 3.05) is 0 Å². The zero-order valence-electron chi connectivity index (χ0n) is 14.5. The van der Waals surface area contributed by atoms with Crippen molar-refractivity contribution in [2.24, 2.45) is 29.6 Å². The number of halogens is 3. The third-order valence-electron chi connectivity index (χ3n) is 6.96. The topological polar surface area (TPSA) is 0 Å². The summed E-state index contributed by atoms with van der Waals surface area (Å²) >= 11 is 0. The molecule has 0 radical (unpaired) electrons. The van der Waals surface area contributed by atoms with E-state index >= 15 is 0 Å². The lowest BCUT2D eigenvalue weighted by Crippen LogP contribution is -2.44. The van der Waals surface area contributed by atoms with Crippen molar-refractivity contribution in [3.8, 4) is 0 Å². The Kier molecular flexibility index (Phi) is 5.42. The van der Waals surface area contributed by atoms with Crippen molar-refractivity contribution >= 4 is 0 Å². The van der Waals surface area contributed by atoms with Gasteiger partial charge in [-0.1, -0.05) is 38.3 Å². The lowest BCUT2D eigenvalue weighted by molar-refractivity contribution is -0.0121. The number of hydrogen-bond acceptors (Lipinski definition) is 0. The first-order chi connectivity index (χ1) is 11.0. The largest absolute Gasteiger partial charge is 0.244 e. The second kappa shape index (κ2) is 7.19. The van der Waals surface area contributed by atoms with E-state index in [1.807, 2.05) is 0 Å². The smallest absolute Gasteiger partial charge is 0.162 e. The molecule has 0 bridgehead atoms. The SMILES string of the molecule is CC1CCC(C2CC=C(C3CC(F)C(F)C(F)C3C)CC2)CC1. The van der Waals surface area contributed by atoms with Crippen LogP contribution in [0, 0.1) is 29.6 Å². The maximum absolute atomic E-state index is 14.0. The van der Waals surface area contributed by atoms with Gasteiger partial charge in [0.15, 0.2) is 6.17 Å². The number of alkyl halides is 3. The molecule has 0 nitrogen and oxygen atoms in total. The van der Waals surface area contributed by atoms with Gasteiger partial charge in [0.1, 0.15) is 12.3 Å². The lowest BCUT2D eigenvalue weighted by atomic mass is 9.67. The van der Waals surface area contributed by atoms with Crippen molar-refractivity contribution in [3.63, 3.8) is 0 Å². The van der Waals surface area contributed by atoms with E-state index in [-0.39, 0.29) is 12.3 Å². The Balaban J connectivity index is 1.60. The quantitative estimate of drug-likeness (QED) is 0.529. The van der Waals surface area contributed by atoms with Crippen molar-refractivity contribution in [1.29, 1.82) is 0 Å². The minimum absolute atomic E-state index is 0.0978. The first-order valence-corrected chi connectivity index (χ1v) is 9.58. The molecule has 3 aliphatic rings. The summed E-state index contributed by atoms with van der Waals surface area (Å²) in [6.07, 6.45) is 5.77. The van der Waals surface area contributed by atoms with Crippen molar-refractivity contribution in [1.82, 2.24) is 0 Å². The molecule has 3 aliphatic carbocycles. The average molecular weight is 328 g/mol. The van der Waals surface area contributed by atoms with E-state index in [1.165, 1.54) is 31.3 Å². The monoisotopic (exact) mass is 328 g/mol. The van der Waals surface area contributed by atoms with Gasteiger partial charge in [0.25, 0.3) is 0 Å². The van der Waals surface area contributed by atoms with Gasteiger partial charge in [-0.15, -0.1) is 0 Å². The highest BCUT2D eigenvalue weighted by molar-refractivity contribution is 5.15. The fourth-order valence-electron chi connectivity index (χ4n) is 5.18. The van der Waals surface area contributed by atoms with Gasteiger partial charge in [0.05, 0.1) is 0 Å². The highest BCUT2D eigenvalue weighted by atomic mass is 19.2. The predicted octanol–water partition coefficient (Wildman–Crippen LogP) is 6.21. The summed E-state index contributed by atoms with van der Waals surface area (Å²) < 4.78 is 41.3. The third kappa shape index (κ3) is 3.64. The fourth-order valence-corrected chi connectivity index (χ4v) is 5.18. The van der Waals surface area contributed by atoms with Crippen LogP contribution in [0.5, 0.6) is 0 Å². The molecule has 6 atom stereocenters. The fraction of sp³-hybridized carbons (Fsp3) is 0.900. The van der Waals surface area contributed by atoms with Crippen molar-refractivity contribution in [3.05, 3.63) is 11.6 Å². The van der Waals surface area contributed by atoms with E-state index < -0.39 is 24.4 Å². The van der Waals surface area contributed by atoms with Crippen LogP contribution in [0.15, 0.2) is 11.6 Å². The molecule has 0 aromatic carbocycles. The van der Waals surface area contributed by atoms with E-state index in [9.17, 15) is 13.2 Å². The van der Waals surface area contributed by atoms with Crippen LogP contribution in [0.25, 0.3) is 0 Å².